The SMILES string of the molecule is CCOC(=O)c1c(C)[nH]c(C(=O)COc2c(Cl)cccc2Cl)c1C. The third-order valence-electron chi connectivity index (χ3n) is 3.46. The van der Waals surface area contributed by atoms with Gasteiger partial charge in [-0.3, -0.25) is 4.79 Å². The minimum atomic E-state index is -0.460. The average molecular weight is 370 g/mol. The van der Waals surface area contributed by atoms with Crippen LogP contribution in [0.2, 0.25) is 10.0 Å². The first-order valence-electron chi connectivity index (χ1n) is 7.33. The van der Waals surface area contributed by atoms with Crippen molar-refractivity contribution in [2.45, 2.75) is 20.8 Å². The van der Waals surface area contributed by atoms with Gasteiger partial charge in [-0.2, -0.15) is 0 Å². The molecule has 0 aliphatic carbocycles. The van der Waals surface area contributed by atoms with Crippen molar-refractivity contribution in [3.05, 3.63) is 50.8 Å². The number of aromatic nitrogens is 1. The van der Waals surface area contributed by atoms with Crippen molar-refractivity contribution < 1.29 is 19.1 Å². The van der Waals surface area contributed by atoms with Gasteiger partial charge in [0.15, 0.2) is 12.4 Å². The van der Waals surface area contributed by atoms with Crippen LogP contribution in [0, 0.1) is 13.8 Å². The second-order valence-electron chi connectivity index (χ2n) is 5.11. The number of benzene rings is 1. The molecule has 0 bridgehead atoms. The molecule has 0 atom stereocenters. The maximum absolute atomic E-state index is 12.4. The lowest BCUT2D eigenvalue weighted by atomic mass is 10.1. The monoisotopic (exact) mass is 369 g/mol. The highest BCUT2D eigenvalue weighted by Gasteiger charge is 2.23. The number of aryl methyl sites for hydroxylation is 1. The molecule has 0 saturated carbocycles. The third kappa shape index (κ3) is 3.74. The van der Waals surface area contributed by atoms with Crippen LogP contribution in [0.4, 0.5) is 0 Å². The standard InChI is InChI=1S/C17H17Cl2NO4/c1-4-23-17(22)14-9(2)15(20-10(14)3)13(21)8-24-16-11(18)6-5-7-12(16)19/h5-7,20H,4,8H2,1-3H3. The number of para-hydroxylation sites is 1. The van der Waals surface area contributed by atoms with Crippen molar-refractivity contribution in [1.82, 2.24) is 4.98 Å². The number of nitrogens with one attached hydrogen (secondary N) is 1. The predicted octanol–water partition coefficient (Wildman–Crippen LogP) is 4.38. The fourth-order valence-corrected chi connectivity index (χ4v) is 2.88. The summed E-state index contributed by atoms with van der Waals surface area (Å²) < 4.78 is 10.5. The van der Waals surface area contributed by atoms with Crippen LogP contribution in [-0.4, -0.2) is 30.0 Å². The zero-order valence-corrected chi connectivity index (χ0v) is 15.0. The average Bonchev–Trinajstić information content (AvgIpc) is 2.81. The second-order valence-corrected chi connectivity index (χ2v) is 5.92. The molecular formula is C17H17Cl2NO4. The first-order valence-corrected chi connectivity index (χ1v) is 8.08. The zero-order valence-electron chi connectivity index (χ0n) is 13.5. The molecule has 0 fully saturated rings. The number of H-pyrrole nitrogens is 1. The molecule has 2 rings (SSSR count). The van der Waals surface area contributed by atoms with Crippen LogP contribution < -0.4 is 4.74 Å². The van der Waals surface area contributed by atoms with E-state index in [0.717, 1.165) is 0 Å². The highest BCUT2D eigenvalue weighted by Crippen LogP contribution is 2.32. The van der Waals surface area contributed by atoms with Crippen LogP contribution in [0.5, 0.6) is 5.75 Å². The number of carbonyl (C=O) groups is 2. The maximum atomic E-state index is 12.4. The molecule has 1 aromatic heterocycles. The molecule has 24 heavy (non-hydrogen) atoms. The normalized spacial score (nSPS) is 10.5. The number of Topliss-reactive ketones (excluding diaryl/α,β-unsaturated/α-hetero) is 1. The van der Waals surface area contributed by atoms with Crippen molar-refractivity contribution in [2.24, 2.45) is 0 Å². The Labute approximate surface area is 149 Å². The number of ether oxygens (including phenoxy) is 2. The highest BCUT2D eigenvalue weighted by atomic mass is 35.5. The summed E-state index contributed by atoms with van der Waals surface area (Å²) in [4.78, 5) is 27.3. The van der Waals surface area contributed by atoms with E-state index in [9.17, 15) is 9.59 Å². The lowest BCUT2D eigenvalue weighted by Crippen LogP contribution is -2.14. The number of aromatic amines is 1. The summed E-state index contributed by atoms with van der Waals surface area (Å²) in [7, 11) is 0. The number of esters is 1. The maximum Gasteiger partial charge on any atom is 0.340 e. The Hall–Kier alpha value is -1.98. The van der Waals surface area contributed by atoms with Crippen LogP contribution in [0.25, 0.3) is 0 Å². The summed E-state index contributed by atoms with van der Waals surface area (Å²) in [5.74, 6) is -0.527. The van der Waals surface area contributed by atoms with Crippen molar-refractivity contribution in [3.8, 4) is 5.75 Å². The van der Waals surface area contributed by atoms with E-state index in [1.165, 1.54) is 0 Å². The molecule has 2 aromatic rings. The van der Waals surface area contributed by atoms with E-state index in [2.05, 4.69) is 4.98 Å². The van der Waals surface area contributed by atoms with E-state index in [4.69, 9.17) is 32.7 Å². The van der Waals surface area contributed by atoms with E-state index >= 15 is 0 Å². The van der Waals surface area contributed by atoms with Crippen molar-refractivity contribution in [1.29, 1.82) is 0 Å². The van der Waals surface area contributed by atoms with Gasteiger partial charge in [0.1, 0.15) is 0 Å². The van der Waals surface area contributed by atoms with Crippen molar-refractivity contribution in [2.75, 3.05) is 13.2 Å². The van der Waals surface area contributed by atoms with E-state index in [1.54, 1.807) is 39.0 Å². The van der Waals surface area contributed by atoms with Gasteiger partial charge in [0.05, 0.1) is 27.9 Å². The molecule has 5 nitrogen and oxygen atoms in total. The first kappa shape index (κ1) is 18.4. The Balaban J connectivity index is 2.19. The second kappa shape index (κ2) is 7.73. The summed E-state index contributed by atoms with van der Waals surface area (Å²) in [6.07, 6.45) is 0. The van der Waals surface area contributed by atoms with Gasteiger partial charge in [-0.1, -0.05) is 29.3 Å². The van der Waals surface area contributed by atoms with Crippen LogP contribution in [0.3, 0.4) is 0 Å². The molecule has 0 spiro atoms. The molecule has 0 aliphatic rings. The van der Waals surface area contributed by atoms with Crippen LogP contribution in [-0.2, 0) is 4.74 Å². The summed E-state index contributed by atoms with van der Waals surface area (Å²) in [6, 6.07) is 4.93. The number of hydrogen-bond donors (Lipinski definition) is 1. The molecule has 0 saturated heterocycles. The fraction of sp³-hybridized carbons (Fsp3) is 0.294. The van der Waals surface area contributed by atoms with Gasteiger partial charge in [-0.25, -0.2) is 4.79 Å². The first-order chi connectivity index (χ1) is 11.4. The Kier molecular flexibility index (Phi) is 5.91. The summed E-state index contributed by atoms with van der Waals surface area (Å²) in [6.45, 7) is 5.13. The van der Waals surface area contributed by atoms with E-state index in [1.807, 2.05) is 0 Å². The number of hydrogen-bond acceptors (Lipinski definition) is 4. The molecule has 1 N–H and O–H groups in total. The molecule has 1 heterocycles. The minimum absolute atomic E-state index is 0.251. The van der Waals surface area contributed by atoms with Gasteiger partial charge in [0.25, 0.3) is 0 Å². The van der Waals surface area contributed by atoms with Gasteiger partial charge in [-0.05, 0) is 38.5 Å². The Morgan fingerprint density at radius 1 is 1.17 bits per heavy atom. The molecule has 1 aromatic carbocycles. The lowest BCUT2D eigenvalue weighted by Gasteiger charge is -2.09. The number of ketones is 1. The van der Waals surface area contributed by atoms with Crippen LogP contribution in [0.1, 0.15) is 39.0 Å². The van der Waals surface area contributed by atoms with Gasteiger partial charge >= 0.3 is 5.97 Å². The van der Waals surface area contributed by atoms with Crippen molar-refractivity contribution >= 4 is 35.0 Å². The Morgan fingerprint density at radius 3 is 2.38 bits per heavy atom. The van der Waals surface area contributed by atoms with Crippen molar-refractivity contribution in [3.63, 3.8) is 0 Å². The van der Waals surface area contributed by atoms with Gasteiger partial charge < -0.3 is 14.5 Å². The molecule has 0 amide bonds. The predicted molar refractivity (Wildman–Crippen MR) is 92.5 cm³/mol. The number of carbonyl (C=O) groups excluding carboxylic acids is 2. The van der Waals surface area contributed by atoms with Gasteiger partial charge in [-0.15, -0.1) is 0 Å². The molecular weight excluding hydrogens is 353 g/mol. The zero-order chi connectivity index (χ0) is 17.9. The minimum Gasteiger partial charge on any atom is -0.482 e. The van der Waals surface area contributed by atoms with Gasteiger partial charge in [0, 0.05) is 5.69 Å². The number of halogens is 2. The lowest BCUT2D eigenvalue weighted by molar-refractivity contribution is 0.0525. The van der Waals surface area contributed by atoms with E-state index < -0.39 is 5.97 Å². The largest absolute Gasteiger partial charge is 0.482 e. The molecule has 0 aliphatic heterocycles. The molecule has 7 heteroatoms. The summed E-state index contributed by atoms with van der Waals surface area (Å²) >= 11 is 12.0. The van der Waals surface area contributed by atoms with E-state index in [-0.39, 0.29) is 24.7 Å². The summed E-state index contributed by atoms with van der Waals surface area (Å²) in [5, 5.41) is 0.642. The third-order valence-corrected chi connectivity index (χ3v) is 4.06. The van der Waals surface area contributed by atoms with Crippen LogP contribution in [0.15, 0.2) is 18.2 Å². The molecule has 0 unspecified atom stereocenters. The molecule has 128 valence electrons. The van der Waals surface area contributed by atoms with E-state index in [0.29, 0.717) is 32.6 Å². The smallest absolute Gasteiger partial charge is 0.340 e. The fourth-order valence-electron chi connectivity index (χ4n) is 2.37. The Bertz CT molecular complexity index is 763. The topological polar surface area (TPSA) is 68.4 Å². The number of rotatable bonds is 6. The highest BCUT2D eigenvalue weighted by molar-refractivity contribution is 6.37. The summed E-state index contributed by atoms with van der Waals surface area (Å²) in [5.41, 5.74) is 1.78. The van der Waals surface area contributed by atoms with Crippen LogP contribution >= 0.6 is 23.2 Å². The van der Waals surface area contributed by atoms with Gasteiger partial charge in [0.2, 0.25) is 5.78 Å². The Morgan fingerprint density at radius 2 is 1.79 bits per heavy atom. The molecule has 0 radical (unpaired) electrons. The quantitative estimate of drug-likeness (QED) is 0.605.